The van der Waals surface area contributed by atoms with Crippen molar-refractivity contribution < 1.29 is 13.2 Å². The van der Waals surface area contributed by atoms with Crippen LogP contribution >= 0.6 is 27.5 Å². The zero-order chi connectivity index (χ0) is 26.2. The Morgan fingerprint density at radius 3 is 2.24 bits per heavy atom. The number of rotatable bonds is 6. The van der Waals surface area contributed by atoms with Gasteiger partial charge in [-0.25, -0.2) is 8.42 Å². The Bertz CT molecular complexity index is 1390. The van der Waals surface area contributed by atoms with E-state index in [-0.39, 0.29) is 16.8 Å². The minimum Gasteiger partial charge on any atom is -0.312 e. The molecule has 3 aromatic carbocycles. The van der Waals surface area contributed by atoms with E-state index in [0.717, 1.165) is 23.1 Å². The lowest BCUT2D eigenvalue weighted by molar-refractivity contribution is -0.118. The molecule has 0 saturated carbocycles. The number of nitrogens with zero attached hydrogens (tertiary/aromatic N) is 3. The maximum absolute atomic E-state index is 13.8. The van der Waals surface area contributed by atoms with Gasteiger partial charge >= 0.3 is 0 Å². The summed E-state index contributed by atoms with van der Waals surface area (Å²) >= 11 is 9.64. The first-order valence-corrected chi connectivity index (χ1v) is 15.1. The van der Waals surface area contributed by atoms with Crippen molar-refractivity contribution in [3.8, 4) is 0 Å². The SMILES string of the molecule is CCC(=O)N1CCc2cc(Br)c(S(=O)(=O)N3CCN(C(c4ccccc4)c4ccc(Cl)cc4)CC3)cc21. The number of hydrogen-bond donors (Lipinski definition) is 0. The molecule has 1 atom stereocenters. The Morgan fingerprint density at radius 2 is 1.59 bits per heavy atom. The standard InChI is InChI=1S/C28H29BrClN3O3S/c1-2-27(34)33-13-12-22-18-24(29)26(19-25(22)33)37(35,36)32-16-14-31(15-17-32)28(20-6-4-3-5-7-20)21-8-10-23(30)11-9-21/h3-11,18-19,28H,2,12-17H2,1H3. The maximum Gasteiger partial charge on any atom is 0.244 e. The molecule has 6 nitrogen and oxygen atoms in total. The summed E-state index contributed by atoms with van der Waals surface area (Å²) in [7, 11) is -3.75. The molecule has 1 amide bonds. The van der Waals surface area contributed by atoms with E-state index in [9.17, 15) is 13.2 Å². The monoisotopic (exact) mass is 601 g/mol. The molecular formula is C28H29BrClN3O3S. The molecule has 5 rings (SSSR count). The molecule has 0 aliphatic carbocycles. The van der Waals surface area contributed by atoms with Gasteiger partial charge < -0.3 is 4.90 Å². The fraction of sp³-hybridized carbons (Fsp3) is 0.321. The van der Waals surface area contributed by atoms with Crippen LogP contribution in [0.5, 0.6) is 0 Å². The minimum absolute atomic E-state index is 0.00339. The molecule has 194 valence electrons. The van der Waals surface area contributed by atoms with Gasteiger partial charge in [-0.15, -0.1) is 0 Å². The average Bonchev–Trinajstić information content (AvgIpc) is 3.32. The van der Waals surface area contributed by atoms with Crippen molar-refractivity contribution in [3.05, 3.63) is 92.9 Å². The van der Waals surface area contributed by atoms with Crippen LogP contribution in [0.25, 0.3) is 0 Å². The molecule has 37 heavy (non-hydrogen) atoms. The molecule has 0 N–H and O–H groups in total. The van der Waals surface area contributed by atoms with Crippen LogP contribution < -0.4 is 4.90 Å². The first kappa shape index (κ1) is 26.4. The first-order chi connectivity index (χ1) is 17.8. The third-order valence-electron chi connectivity index (χ3n) is 7.19. The van der Waals surface area contributed by atoms with Crippen LogP contribution in [0.2, 0.25) is 5.02 Å². The van der Waals surface area contributed by atoms with Crippen LogP contribution in [0.1, 0.15) is 36.1 Å². The summed E-state index contributed by atoms with van der Waals surface area (Å²) in [5.74, 6) is 0.00666. The highest BCUT2D eigenvalue weighted by molar-refractivity contribution is 9.10. The second-order valence-electron chi connectivity index (χ2n) is 9.37. The Hall–Kier alpha value is -2.23. The minimum atomic E-state index is -3.75. The number of piperazine rings is 1. The number of anilines is 1. The summed E-state index contributed by atoms with van der Waals surface area (Å²) in [6.07, 6.45) is 1.11. The predicted octanol–water partition coefficient (Wildman–Crippen LogP) is 5.50. The molecule has 0 radical (unpaired) electrons. The first-order valence-electron chi connectivity index (χ1n) is 12.5. The van der Waals surface area contributed by atoms with Crippen LogP contribution in [0.3, 0.4) is 0 Å². The lowest BCUT2D eigenvalue weighted by Gasteiger charge is -2.39. The quantitative estimate of drug-likeness (QED) is 0.374. The summed E-state index contributed by atoms with van der Waals surface area (Å²) < 4.78 is 29.6. The van der Waals surface area contributed by atoms with Gasteiger partial charge in [0.15, 0.2) is 0 Å². The Kier molecular flexibility index (Phi) is 7.75. The van der Waals surface area contributed by atoms with E-state index in [0.29, 0.717) is 54.3 Å². The van der Waals surface area contributed by atoms with E-state index < -0.39 is 10.0 Å². The molecule has 3 aromatic rings. The predicted molar refractivity (Wildman–Crippen MR) is 151 cm³/mol. The second kappa shape index (κ2) is 10.9. The third-order valence-corrected chi connectivity index (χ3v) is 10.3. The Balaban J connectivity index is 1.39. The highest BCUT2D eigenvalue weighted by Crippen LogP contribution is 2.38. The number of carbonyl (C=O) groups excluding carboxylic acids is 1. The van der Waals surface area contributed by atoms with Gasteiger partial charge in [-0.1, -0.05) is 61.0 Å². The lowest BCUT2D eigenvalue weighted by atomic mass is 9.96. The van der Waals surface area contributed by atoms with Crippen molar-refractivity contribution in [2.45, 2.75) is 30.7 Å². The zero-order valence-corrected chi connectivity index (χ0v) is 23.8. The molecule has 1 unspecified atom stereocenters. The van der Waals surface area contributed by atoms with E-state index in [1.165, 1.54) is 0 Å². The van der Waals surface area contributed by atoms with Crippen molar-refractivity contribution in [1.29, 1.82) is 0 Å². The van der Waals surface area contributed by atoms with E-state index in [1.54, 1.807) is 15.3 Å². The van der Waals surface area contributed by atoms with Crippen LogP contribution in [0, 0.1) is 0 Å². The van der Waals surface area contributed by atoms with Crippen molar-refractivity contribution in [1.82, 2.24) is 9.21 Å². The van der Waals surface area contributed by atoms with Gasteiger partial charge in [-0.3, -0.25) is 9.69 Å². The molecule has 2 aliphatic heterocycles. The summed E-state index contributed by atoms with van der Waals surface area (Å²) in [5.41, 5.74) is 3.97. The van der Waals surface area contributed by atoms with Crippen molar-refractivity contribution >= 4 is 49.1 Å². The molecule has 9 heteroatoms. The van der Waals surface area contributed by atoms with Gasteiger partial charge in [0, 0.05) is 54.3 Å². The number of fused-ring (bicyclic) bond motifs is 1. The molecule has 0 spiro atoms. The number of amides is 1. The molecule has 1 fully saturated rings. The van der Waals surface area contributed by atoms with Crippen molar-refractivity contribution in [3.63, 3.8) is 0 Å². The van der Waals surface area contributed by atoms with Crippen molar-refractivity contribution in [2.24, 2.45) is 0 Å². The number of halogens is 2. The summed E-state index contributed by atoms with van der Waals surface area (Å²) in [6, 6.07) is 21.6. The number of carbonyl (C=O) groups is 1. The maximum atomic E-state index is 13.8. The van der Waals surface area contributed by atoms with Gasteiger partial charge in [-0.05, 0) is 63.3 Å². The number of benzene rings is 3. The molecule has 1 saturated heterocycles. The molecule has 0 bridgehead atoms. The van der Waals surface area contributed by atoms with Crippen LogP contribution in [0.15, 0.2) is 76.1 Å². The van der Waals surface area contributed by atoms with E-state index in [2.05, 4.69) is 33.0 Å². The highest BCUT2D eigenvalue weighted by atomic mass is 79.9. The fourth-order valence-corrected chi connectivity index (χ4v) is 7.89. The van der Waals surface area contributed by atoms with Gasteiger partial charge in [0.2, 0.25) is 15.9 Å². The summed E-state index contributed by atoms with van der Waals surface area (Å²) in [5, 5.41) is 0.686. The van der Waals surface area contributed by atoms with E-state index in [1.807, 2.05) is 55.5 Å². The average molecular weight is 603 g/mol. The second-order valence-corrected chi connectivity index (χ2v) is 12.6. The highest BCUT2D eigenvalue weighted by Gasteiger charge is 2.35. The van der Waals surface area contributed by atoms with Gasteiger partial charge in [0.1, 0.15) is 0 Å². The topological polar surface area (TPSA) is 60.9 Å². The number of hydrogen-bond acceptors (Lipinski definition) is 4. The third kappa shape index (κ3) is 5.22. The van der Waals surface area contributed by atoms with Gasteiger partial charge in [-0.2, -0.15) is 4.31 Å². The lowest BCUT2D eigenvalue weighted by Crippen LogP contribution is -2.49. The van der Waals surface area contributed by atoms with Crippen LogP contribution in [0.4, 0.5) is 5.69 Å². The van der Waals surface area contributed by atoms with Gasteiger partial charge in [0.05, 0.1) is 10.9 Å². The molecular weight excluding hydrogens is 574 g/mol. The summed E-state index contributed by atoms with van der Waals surface area (Å²) in [4.78, 5) is 16.7. The Labute approximate surface area is 232 Å². The van der Waals surface area contributed by atoms with E-state index in [4.69, 9.17) is 11.6 Å². The van der Waals surface area contributed by atoms with Crippen LogP contribution in [-0.2, 0) is 21.2 Å². The molecule has 0 aromatic heterocycles. The molecule has 2 aliphatic rings. The van der Waals surface area contributed by atoms with Gasteiger partial charge in [0.25, 0.3) is 0 Å². The largest absolute Gasteiger partial charge is 0.312 e. The normalized spacial score (nSPS) is 17.5. The Morgan fingerprint density at radius 1 is 0.946 bits per heavy atom. The van der Waals surface area contributed by atoms with Crippen LogP contribution in [-0.4, -0.2) is 56.3 Å². The van der Waals surface area contributed by atoms with Crippen molar-refractivity contribution in [2.75, 3.05) is 37.6 Å². The zero-order valence-electron chi connectivity index (χ0n) is 20.6. The summed E-state index contributed by atoms with van der Waals surface area (Å²) in [6.45, 7) is 4.33. The number of sulfonamides is 1. The smallest absolute Gasteiger partial charge is 0.244 e. The van der Waals surface area contributed by atoms with E-state index >= 15 is 0 Å². The fourth-order valence-electron chi connectivity index (χ4n) is 5.27. The molecule has 2 heterocycles.